The van der Waals surface area contributed by atoms with E-state index >= 15 is 0 Å². The number of amides is 1. The number of esters is 1. The van der Waals surface area contributed by atoms with Gasteiger partial charge >= 0.3 is 145 Å². The van der Waals surface area contributed by atoms with Gasteiger partial charge in [-0.05, 0) is 0 Å². The molecule has 1 amide bonds. The fraction of sp³-hybridized carbons (Fsp3) is 0.500. The van der Waals surface area contributed by atoms with Crippen LogP contribution in [0.4, 0.5) is 4.79 Å². The molecule has 0 spiro atoms. The number of hydrogen-bond donors (Lipinski definition) is 2. The summed E-state index contributed by atoms with van der Waals surface area (Å²) in [4.78, 5) is 23.7. The number of carbonyl (C=O) groups is 2. The molecule has 24 heavy (non-hydrogen) atoms. The Bertz CT molecular complexity index is 594. The first-order valence-electron chi connectivity index (χ1n) is 7.33. The van der Waals surface area contributed by atoms with Gasteiger partial charge in [0.2, 0.25) is 0 Å². The molecule has 1 rings (SSSR count). The van der Waals surface area contributed by atoms with Crippen LogP contribution >= 0.6 is 0 Å². The molecule has 0 aliphatic rings. The van der Waals surface area contributed by atoms with Gasteiger partial charge < -0.3 is 0 Å². The summed E-state index contributed by atoms with van der Waals surface area (Å²) in [6.45, 7) is 5.18. The first kappa shape index (κ1) is 20.3. The number of hydrogen-bond acceptors (Lipinski definition) is 5. The Morgan fingerprint density at radius 2 is 1.75 bits per heavy atom. The molecule has 0 radical (unpaired) electrons. The van der Waals surface area contributed by atoms with E-state index in [0.29, 0.717) is 0 Å². The fourth-order valence-corrected chi connectivity index (χ4v) is 2.94. The number of methoxy groups -OCH3 is 1. The van der Waals surface area contributed by atoms with Crippen molar-refractivity contribution in [3.05, 3.63) is 35.4 Å². The molecular formula is C16H23NO6Se. The average Bonchev–Trinajstić information content (AvgIpc) is 2.45. The topological polar surface area (TPSA) is 102 Å². The average molecular weight is 404 g/mol. The standard InChI is InChI=1S/C16H23NO6Se/c1-16(2,3)23-15(19)17-13(14(18)22-4)9-11-5-7-12(8-6-11)10-24(20)21/h5-8,13H,9-10H2,1-4H3,(H,17,19)(H,20,21). The van der Waals surface area contributed by atoms with E-state index in [1.54, 1.807) is 45.0 Å². The molecule has 2 unspecified atom stereocenters. The molecule has 2 atom stereocenters. The number of benzene rings is 1. The Balaban J connectivity index is 2.77. The zero-order valence-electron chi connectivity index (χ0n) is 14.2. The zero-order valence-corrected chi connectivity index (χ0v) is 15.9. The SMILES string of the molecule is COC(=O)C(Cc1ccc(C[Se](=O)O)cc1)NC(=O)OC(C)(C)C. The van der Waals surface area contributed by atoms with E-state index in [1.807, 2.05) is 0 Å². The van der Waals surface area contributed by atoms with E-state index in [2.05, 4.69) is 5.32 Å². The zero-order chi connectivity index (χ0) is 18.3. The monoisotopic (exact) mass is 405 g/mol. The predicted octanol–water partition coefficient (Wildman–Crippen LogP) is 1.29. The van der Waals surface area contributed by atoms with E-state index < -0.39 is 37.9 Å². The third-order valence-corrected chi connectivity index (χ3v) is 4.15. The molecule has 0 saturated heterocycles. The summed E-state index contributed by atoms with van der Waals surface area (Å²) < 4.78 is 29.7. The summed E-state index contributed by atoms with van der Waals surface area (Å²) in [7, 11) is 1.25. The number of rotatable bonds is 6. The van der Waals surface area contributed by atoms with E-state index in [9.17, 15) is 13.4 Å². The second kappa shape index (κ2) is 8.92. The van der Waals surface area contributed by atoms with Gasteiger partial charge in [-0.25, -0.2) is 0 Å². The first-order valence-corrected chi connectivity index (χ1v) is 10.0. The summed E-state index contributed by atoms with van der Waals surface area (Å²) in [5.41, 5.74) is 0.858. The summed E-state index contributed by atoms with van der Waals surface area (Å²) in [5.74, 6) is -0.577. The molecule has 0 saturated carbocycles. The molecule has 0 aliphatic carbocycles. The van der Waals surface area contributed by atoms with Crippen molar-refractivity contribution in [3.63, 3.8) is 0 Å². The number of carbonyl (C=O) groups excluding carboxylic acids is 2. The second-order valence-corrected chi connectivity index (χ2v) is 8.16. The van der Waals surface area contributed by atoms with Crippen LogP contribution in [-0.4, -0.2) is 49.2 Å². The van der Waals surface area contributed by atoms with Crippen LogP contribution in [0, 0.1) is 0 Å². The van der Waals surface area contributed by atoms with E-state index in [0.717, 1.165) is 11.1 Å². The minimum absolute atomic E-state index is 0.136. The van der Waals surface area contributed by atoms with Gasteiger partial charge in [0.1, 0.15) is 0 Å². The Morgan fingerprint density at radius 1 is 1.21 bits per heavy atom. The maximum absolute atomic E-state index is 11.9. The van der Waals surface area contributed by atoms with Gasteiger partial charge in [0.25, 0.3) is 0 Å². The van der Waals surface area contributed by atoms with Gasteiger partial charge in [-0.15, -0.1) is 0 Å². The van der Waals surface area contributed by atoms with Crippen LogP contribution in [0.1, 0.15) is 31.9 Å². The van der Waals surface area contributed by atoms with Crippen molar-refractivity contribution in [1.29, 1.82) is 0 Å². The summed E-state index contributed by atoms with van der Waals surface area (Å²) >= 11 is -2.78. The Kier molecular flexibility index (Phi) is 7.54. The number of ether oxygens (including phenoxy) is 2. The summed E-state index contributed by atoms with van der Waals surface area (Å²) in [5, 5.41) is 2.64. The molecule has 0 heterocycles. The van der Waals surface area contributed by atoms with Crippen molar-refractivity contribution in [2.45, 2.75) is 44.2 Å². The Hall–Kier alpha value is -1.76. The molecule has 1 aromatic carbocycles. The minimum atomic E-state index is -2.78. The van der Waals surface area contributed by atoms with E-state index in [-0.39, 0.29) is 11.7 Å². The Labute approximate surface area is 145 Å². The normalized spacial score (nSPS) is 13.7. The fourth-order valence-electron chi connectivity index (χ4n) is 1.94. The molecule has 134 valence electrons. The first-order chi connectivity index (χ1) is 11.1. The van der Waals surface area contributed by atoms with Crippen molar-refractivity contribution in [3.8, 4) is 0 Å². The molecule has 7 nitrogen and oxygen atoms in total. The molecule has 8 heteroatoms. The van der Waals surface area contributed by atoms with Gasteiger partial charge in [0.05, 0.1) is 0 Å². The van der Waals surface area contributed by atoms with Crippen LogP contribution < -0.4 is 5.32 Å². The van der Waals surface area contributed by atoms with Gasteiger partial charge in [-0.1, -0.05) is 0 Å². The van der Waals surface area contributed by atoms with Crippen LogP contribution in [-0.2, 0) is 29.8 Å². The van der Waals surface area contributed by atoms with Crippen LogP contribution in [0.25, 0.3) is 0 Å². The second-order valence-electron chi connectivity index (χ2n) is 6.21. The van der Waals surface area contributed by atoms with Gasteiger partial charge in [-0.3, -0.25) is 0 Å². The van der Waals surface area contributed by atoms with Gasteiger partial charge in [0, 0.05) is 0 Å². The van der Waals surface area contributed by atoms with Gasteiger partial charge in [-0.2, -0.15) is 0 Å². The maximum atomic E-state index is 11.9. The third-order valence-electron chi connectivity index (χ3n) is 2.93. The quantitative estimate of drug-likeness (QED) is 0.547. The van der Waals surface area contributed by atoms with Crippen LogP contribution in [0.5, 0.6) is 0 Å². The number of alkyl carbamates (subject to hydrolysis) is 1. The molecule has 0 aliphatic heterocycles. The molecule has 0 aromatic heterocycles. The van der Waals surface area contributed by atoms with Crippen LogP contribution in [0.2, 0.25) is 0 Å². The Morgan fingerprint density at radius 3 is 2.21 bits per heavy atom. The van der Waals surface area contributed by atoms with Crippen LogP contribution in [0.15, 0.2) is 24.3 Å². The van der Waals surface area contributed by atoms with Crippen molar-refractivity contribution in [2.75, 3.05) is 7.11 Å². The molecule has 2 N–H and O–H groups in total. The van der Waals surface area contributed by atoms with Crippen molar-refractivity contribution in [1.82, 2.24) is 5.32 Å². The van der Waals surface area contributed by atoms with Crippen molar-refractivity contribution < 1.29 is 27.1 Å². The van der Waals surface area contributed by atoms with Crippen molar-refractivity contribution in [2.24, 2.45) is 0 Å². The van der Waals surface area contributed by atoms with Crippen molar-refractivity contribution >= 4 is 26.2 Å². The molecule has 1 aromatic rings. The molecular weight excluding hydrogens is 381 g/mol. The van der Waals surface area contributed by atoms with Gasteiger partial charge in [0.15, 0.2) is 0 Å². The van der Waals surface area contributed by atoms with Crippen LogP contribution in [0.3, 0.4) is 0 Å². The summed E-state index contributed by atoms with van der Waals surface area (Å²) in [6.07, 6.45) is -0.475. The third kappa shape index (κ3) is 7.68. The number of nitrogens with one attached hydrogen (secondary N) is 1. The predicted molar refractivity (Wildman–Crippen MR) is 87.7 cm³/mol. The molecule has 0 fully saturated rings. The van der Waals surface area contributed by atoms with E-state index in [1.165, 1.54) is 7.11 Å². The molecule has 0 bridgehead atoms. The van der Waals surface area contributed by atoms with E-state index in [4.69, 9.17) is 13.7 Å². The summed E-state index contributed by atoms with van der Waals surface area (Å²) in [6, 6.07) is 6.06.